The quantitative estimate of drug-likeness (QED) is 0.505. The molecule has 3 aromatic rings. The van der Waals surface area contributed by atoms with Crippen molar-refractivity contribution < 1.29 is 14.3 Å². The van der Waals surface area contributed by atoms with Gasteiger partial charge in [0.1, 0.15) is 9.88 Å². The summed E-state index contributed by atoms with van der Waals surface area (Å²) in [5.74, 6) is -0.342. The van der Waals surface area contributed by atoms with Gasteiger partial charge < -0.3 is 15.0 Å². The molecule has 33 heavy (non-hydrogen) atoms. The molecule has 1 aromatic heterocycles. The molecule has 1 saturated heterocycles. The van der Waals surface area contributed by atoms with Crippen molar-refractivity contribution in [2.75, 3.05) is 25.1 Å². The largest absolute Gasteiger partial charge is 0.469 e. The molecule has 8 heteroatoms. The fourth-order valence-electron chi connectivity index (χ4n) is 4.01. The zero-order chi connectivity index (χ0) is 23.4. The number of hydrogen-bond acceptors (Lipinski definition) is 6. The summed E-state index contributed by atoms with van der Waals surface area (Å²) in [7, 11) is 1.40. The Balaban J connectivity index is 1.43. The molecule has 1 N–H and O–H groups in total. The van der Waals surface area contributed by atoms with Crippen molar-refractivity contribution in [3.05, 3.63) is 69.7 Å². The maximum atomic E-state index is 13.1. The molecule has 1 unspecified atom stereocenters. The number of methoxy groups -OCH3 is 1. The minimum absolute atomic E-state index is 0.0380. The Morgan fingerprint density at radius 3 is 2.79 bits per heavy atom. The first-order valence-electron chi connectivity index (χ1n) is 10.9. The first-order valence-corrected chi connectivity index (χ1v) is 12.1. The molecule has 0 saturated carbocycles. The van der Waals surface area contributed by atoms with Gasteiger partial charge in [0.25, 0.3) is 5.91 Å². The molecule has 4 rings (SSSR count). The van der Waals surface area contributed by atoms with Crippen molar-refractivity contribution in [1.82, 2.24) is 10.3 Å². The number of thiazole rings is 1. The predicted molar refractivity (Wildman–Crippen MR) is 132 cm³/mol. The van der Waals surface area contributed by atoms with Gasteiger partial charge in [0.15, 0.2) is 0 Å². The van der Waals surface area contributed by atoms with E-state index in [0.29, 0.717) is 9.90 Å². The third-order valence-electron chi connectivity index (χ3n) is 5.70. The van der Waals surface area contributed by atoms with Gasteiger partial charge in [0.05, 0.1) is 19.2 Å². The highest BCUT2D eigenvalue weighted by Crippen LogP contribution is 2.29. The summed E-state index contributed by atoms with van der Waals surface area (Å²) in [6.07, 6.45) is 2.15. The number of aromatic nitrogens is 1. The van der Waals surface area contributed by atoms with Gasteiger partial charge in [-0.05, 0) is 49.6 Å². The SMILES string of the molecule is COC(=O)Cc1cccc(N2CCCC(NC(=O)c3sc(-c4ccc(Cl)cc4)nc3C)C2)c1. The average molecular weight is 484 g/mol. The number of ether oxygens (including phenoxy) is 1. The van der Waals surface area contributed by atoms with E-state index >= 15 is 0 Å². The highest BCUT2D eigenvalue weighted by atomic mass is 35.5. The number of hydrogen-bond donors (Lipinski definition) is 1. The second kappa shape index (κ2) is 10.4. The molecule has 2 heterocycles. The third kappa shape index (κ3) is 5.72. The van der Waals surface area contributed by atoms with Crippen molar-refractivity contribution in [2.45, 2.75) is 32.2 Å². The number of rotatable bonds is 6. The number of aryl methyl sites for hydroxylation is 1. The van der Waals surface area contributed by atoms with Crippen LogP contribution in [0, 0.1) is 6.92 Å². The molecule has 0 spiro atoms. The number of piperidine rings is 1. The highest BCUT2D eigenvalue weighted by molar-refractivity contribution is 7.17. The number of benzene rings is 2. The fourth-order valence-corrected chi connectivity index (χ4v) is 5.11. The van der Waals surface area contributed by atoms with Crippen LogP contribution in [0.5, 0.6) is 0 Å². The average Bonchev–Trinajstić information content (AvgIpc) is 3.21. The van der Waals surface area contributed by atoms with Gasteiger partial charge in [0, 0.05) is 35.4 Å². The van der Waals surface area contributed by atoms with E-state index in [-0.39, 0.29) is 24.3 Å². The zero-order valence-electron chi connectivity index (χ0n) is 18.6. The monoisotopic (exact) mass is 483 g/mol. The lowest BCUT2D eigenvalue weighted by Gasteiger charge is -2.35. The van der Waals surface area contributed by atoms with E-state index < -0.39 is 0 Å². The standard InChI is InChI=1S/C25H26ClN3O3S/c1-16-23(33-25(27-16)18-8-10-19(26)11-9-18)24(31)28-20-6-4-12-29(15-20)21-7-3-5-17(13-21)14-22(30)32-2/h3,5,7-11,13,20H,4,6,12,14-15H2,1-2H3,(H,28,31). The molecule has 1 aliphatic rings. The molecule has 1 aliphatic heterocycles. The summed E-state index contributed by atoms with van der Waals surface area (Å²) in [4.78, 5) is 32.2. The van der Waals surface area contributed by atoms with Crippen molar-refractivity contribution >= 4 is 40.5 Å². The third-order valence-corrected chi connectivity index (χ3v) is 7.16. The van der Waals surface area contributed by atoms with Gasteiger partial charge in [-0.2, -0.15) is 0 Å². The van der Waals surface area contributed by atoms with E-state index in [2.05, 4.69) is 15.2 Å². The molecule has 6 nitrogen and oxygen atoms in total. The van der Waals surface area contributed by atoms with Gasteiger partial charge in [-0.1, -0.05) is 35.9 Å². The summed E-state index contributed by atoms with van der Waals surface area (Å²) in [5, 5.41) is 4.68. The number of amides is 1. The first-order chi connectivity index (χ1) is 15.9. The van der Waals surface area contributed by atoms with Crippen LogP contribution in [0.25, 0.3) is 10.6 Å². The van der Waals surface area contributed by atoms with Gasteiger partial charge in [-0.25, -0.2) is 4.98 Å². The van der Waals surface area contributed by atoms with E-state index in [1.165, 1.54) is 18.4 Å². The smallest absolute Gasteiger partial charge is 0.309 e. The molecule has 0 aliphatic carbocycles. The lowest BCUT2D eigenvalue weighted by molar-refractivity contribution is -0.139. The number of halogens is 1. The van der Waals surface area contributed by atoms with Crippen LogP contribution in [0.3, 0.4) is 0 Å². The van der Waals surface area contributed by atoms with E-state index in [4.69, 9.17) is 16.3 Å². The van der Waals surface area contributed by atoms with E-state index in [1.807, 2.05) is 55.5 Å². The lowest BCUT2D eigenvalue weighted by atomic mass is 10.0. The predicted octanol–water partition coefficient (Wildman–Crippen LogP) is 4.89. The van der Waals surface area contributed by atoms with Crippen molar-refractivity contribution in [3.8, 4) is 10.6 Å². The van der Waals surface area contributed by atoms with Gasteiger partial charge in [-0.15, -0.1) is 11.3 Å². The van der Waals surface area contributed by atoms with E-state index in [0.717, 1.165) is 53.4 Å². The van der Waals surface area contributed by atoms with Crippen LogP contribution in [0.2, 0.25) is 5.02 Å². The Labute approximate surface area is 202 Å². The van der Waals surface area contributed by atoms with Crippen molar-refractivity contribution in [3.63, 3.8) is 0 Å². The summed E-state index contributed by atoms with van der Waals surface area (Å²) in [6.45, 7) is 3.49. The molecular weight excluding hydrogens is 458 g/mol. The minimum Gasteiger partial charge on any atom is -0.469 e. The number of nitrogens with one attached hydrogen (secondary N) is 1. The van der Waals surface area contributed by atoms with Crippen molar-refractivity contribution in [2.24, 2.45) is 0 Å². The van der Waals surface area contributed by atoms with Crippen LogP contribution in [-0.4, -0.2) is 43.1 Å². The number of carbonyl (C=O) groups is 2. The number of nitrogens with zero attached hydrogens (tertiary/aromatic N) is 2. The van der Waals surface area contributed by atoms with Crippen LogP contribution >= 0.6 is 22.9 Å². The second-order valence-electron chi connectivity index (χ2n) is 8.12. The summed E-state index contributed by atoms with van der Waals surface area (Å²) in [5.41, 5.74) is 3.64. The van der Waals surface area contributed by atoms with Crippen LogP contribution in [0.4, 0.5) is 5.69 Å². The summed E-state index contributed by atoms with van der Waals surface area (Å²) < 4.78 is 4.78. The molecule has 172 valence electrons. The molecule has 0 radical (unpaired) electrons. The molecule has 1 fully saturated rings. The zero-order valence-corrected chi connectivity index (χ0v) is 20.2. The maximum absolute atomic E-state index is 13.1. The molecule has 2 aromatic carbocycles. The Bertz CT molecular complexity index is 1150. The first kappa shape index (κ1) is 23.3. The fraction of sp³-hybridized carbons (Fsp3) is 0.320. The number of anilines is 1. The van der Waals surface area contributed by atoms with Gasteiger partial charge >= 0.3 is 5.97 Å². The summed E-state index contributed by atoms with van der Waals surface area (Å²) in [6, 6.07) is 15.4. The van der Waals surface area contributed by atoms with E-state index in [9.17, 15) is 9.59 Å². The minimum atomic E-state index is -0.256. The lowest BCUT2D eigenvalue weighted by Crippen LogP contribution is -2.47. The summed E-state index contributed by atoms with van der Waals surface area (Å²) >= 11 is 7.38. The van der Waals surface area contributed by atoms with Crippen LogP contribution in [-0.2, 0) is 16.0 Å². The van der Waals surface area contributed by atoms with Crippen LogP contribution in [0.1, 0.15) is 33.8 Å². The number of esters is 1. The Kier molecular flexibility index (Phi) is 7.30. The second-order valence-corrected chi connectivity index (χ2v) is 9.56. The Hall–Kier alpha value is -2.90. The molecule has 0 bridgehead atoms. The van der Waals surface area contributed by atoms with Gasteiger partial charge in [-0.3, -0.25) is 9.59 Å². The van der Waals surface area contributed by atoms with Crippen LogP contribution < -0.4 is 10.2 Å². The van der Waals surface area contributed by atoms with E-state index in [1.54, 1.807) is 0 Å². The molecule has 1 amide bonds. The van der Waals surface area contributed by atoms with Crippen molar-refractivity contribution in [1.29, 1.82) is 0 Å². The topological polar surface area (TPSA) is 71.5 Å². The molecular formula is C25H26ClN3O3S. The maximum Gasteiger partial charge on any atom is 0.309 e. The highest BCUT2D eigenvalue weighted by Gasteiger charge is 2.24. The molecule has 1 atom stereocenters. The van der Waals surface area contributed by atoms with Gasteiger partial charge in [0.2, 0.25) is 0 Å². The normalized spacial score (nSPS) is 15.8. The Morgan fingerprint density at radius 2 is 2.03 bits per heavy atom. The number of carbonyl (C=O) groups excluding carboxylic acids is 2. The van der Waals surface area contributed by atoms with Crippen LogP contribution in [0.15, 0.2) is 48.5 Å². The Morgan fingerprint density at radius 1 is 1.24 bits per heavy atom.